The first-order valence-electron chi connectivity index (χ1n) is 13.3. The predicted octanol–water partition coefficient (Wildman–Crippen LogP) is 5.91. The Morgan fingerprint density at radius 2 is 1.58 bits per heavy atom. The monoisotopic (exact) mass is 503 g/mol. The highest BCUT2D eigenvalue weighted by Crippen LogP contribution is 2.33. The Morgan fingerprint density at radius 3 is 2.06 bits per heavy atom. The fraction of sp³-hybridized carbons (Fsp3) is 0.690. The molecular weight excluding hydrogens is 454 g/mol. The van der Waals surface area contributed by atoms with Crippen molar-refractivity contribution in [2.45, 2.75) is 118 Å². The number of benzene rings is 1. The number of hydrogen-bond acceptors (Lipinski definition) is 4. The summed E-state index contributed by atoms with van der Waals surface area (Å²) in [7, 11) is 0. The van der Waals surface area contributed by atoms with Gasteiger partial charge in [-0.1, -0.05) is 63.9 Å². The molecule has 0 saturated carbocycles. The third-order valence-corrected chi connectivity index (χ3v) is 6.18. The van der Waals surface area contributed by atoms with Gasteiger partial charge < -0.3 is 20.3 Å². The van der Waals surface area contributed by atoms with Gasteiger partial charge in [0.1, 0.15) is 17.7 Å². The fourth-order valence-electron chi connectivity index (χ4n) is 3.91. The third-order valence-electron chi connectivity index (χ3n) is 6.18. The summed E-state index contributed by atoms with van der Waals surface area (Å²) in [4.78, 5) is 42.3. The zero-order chi connectivity index (χ0) is 27.7. The molecule has 0 aliphatic carbocycles. The molecule has 0 aliphatic heterocycles. The molecule has 0 radical (unpaired) electrons. The lowest BCUT2D eigenvalue weighted by molar-refractivity contribution is -0.149. The maximum Gasteiger partial charge on any atom is 0.408 e. The highest BCUT2D eigenvalue weighted by molar-refractivity contribution is 5.92. The van der Waals surface area contributed by atoms with Gasteiger partial charge in [-0.25, -0.2) is 4.79 Å². The van der Waals surface area contributed by atoms with Gasteiger partial charge in [0.2, 0.25) is 11.8 Å². The van der Waals surface area contributed by atoms with E-state index in [1.165, 1.54) is 0 Å². The van der Waals surface area contributed by atoms with Crippen LogP contribution in [0.1, 0.15) is 105 Å². The van der Waals surface area contributed by atoms with E-state index in [1.54, 1.807) is 25.7 Å². The normalized spacial score (nSPS) is 13.6. The number of hydrogen-bond donors (Lipinski definition) is 2. The van der Waals surface area contributed by atoms with Crippen molar-refractivity contribution in [3.63, 3.8) is 0 Å². The Morgan fingerprint density at radius 1 is 1.00 bits per heavy atom. The molecule has 0 spiro atoms. The molecule has 36 heavy (non-hydrogen) atoms. The average Bonchev–Trinajstić information content (AvgIpc) is 2.75. The summed E-state index contributed by atoms with van der Waals surface area (Å²) in [6.45, 7) is 19.9. The summed E-state index contributed by atoms with van der Waals surface area (Å²) in [5.74, 6) is -0.378. The van der Waals surface area contributed by atoms with Crippen LogP contribution in [0.3, 0.4) is 0 Å². The molecule has 7 nitrogen and oxygen atoms in total. The number of nitrogens with zero attached hydrogens (tertiary/aromatic N) is 1. The second-order valence-corrected chi connectivity index (χ2v) is 11.7. The van der Waals surface area contributed by atoms with Crippen LogP contribution in [0.25, 0.3) is 0 Å². The van der Waals surface area contributed by atoms with Crippen LogP contribution in [-0.4, -0.2) is 46.5 Å². The van der Waals surface area contributed by atoms with Crippen LogP contribution in [0.5, 0.6) is 0 Å². The Balaban J connectivity index is 3.57. The van der Waals surface area contributed by atoms with Crippen molar-refractivity contribution < 1.29 is 19.1 Å². The van der Waals surface area contributed by atoms with Gasteiger partial charge in [0.05, 0.1) is 0 Å². The topological polar surface area (TPSA) is 87.7 Å². The zero-order valence-corrected chi connectivity index (χ0v) is 24.2. The second-order valence-electron chi connectivity index (χ2n) is 11.7. The van der Waals surface area contributed by atoms with E-state index in [0.29, 0.717) is 19.4 Å². The van der Waals surface area contributed by atoms with E-state index in [0.717, 1.165) is 24.0 Å². The number of carbonyl (C=O) groups excluding carboxylic acids is 3. The van der Waals surface area contributed by atoms with Crippen molar-refractivity contribution in [1.29, 1.82) is 0 Å². The molecule has 2 unspecified atom stereocenters. The fourth-order valence-corrected chi connectivity index (χ4v) is 3.91. The minimum absolute atomic E-state index is 0.136. The first-order valence-corrected chi connectivity index (χ1v) is 13.3. The largest absolute Gasteiger partial charge is 0.444 e. The summed E-state index contributed by atoms with van der Waals surface area (Å²) < 4.78 is 5.46. The van der Waals surface area contributed by atoms with Gasteiger partial charge in [-0.3, -0.25) is 9.59 Å². The van der Waals surface area contributed by atoms with Gasteiger partial charge in [-0.15, -0.1) is 0 Å². The van der Waals surface area contributed by atoms with E-state index in [-0.39, 0.29) is 17.7 Å². The summed E-state index contributed by atoms with van der Waals surface area (Å²) in [6.07, 6.45) is 2.22. The van der Waals surface area contributed by atoms with Crippen molar-refractivity contribution in [2.24, 2.45) is 5.92 Å². The van der Waals surface area contributed by atoms with E-state index in [9.17, 15) is 14.4 Å². The molecule has 7 heteroatoms. The predicted molar refractivity (Wildman–Crippen MR) is 146 cm³/mol. The van der Waals surface area contributed by atoms with Crippen molar-refractivity contribution in [2.75, 3.05) is 6.54 Å². The molecule has 1 rings (SSSR count). The van der Waals surface area contributed by atoms with E-state index in [1.807, 2.05) is 65.8 Å². The number of aryl methyl sites for hydroxylation is 1. The van der Waals surface area contributed by atoms with Gasteiger partial charge in [0, 0.05) is 12.1 Å². The molecule has 0 aliphatic rings. The minimum Gasteiger partial charge on any atom is -0.444 e. The van der Waals surface area contributed by atoms with Crippen LogP contribution < -0.4 is 10.6 Å². The SMILES string of the molecule is CCCCNC(=O)C(c1ccc(C)cc1)N(C(=O)C(CC(C)C)NC(=O)OC(C)(C)C)C(C)(C)CC. The van der Waals surface area contributed by atoms with Crippen molar-refractivity contribution in [3.05, 3.63) is 35.4 Å². The molecule has 0 heterocycles. The van der Waals surface area contributed by atoms with Crippen molar-refractivity contribution in [3.8, 4) is 0 Å². The van der Waals surface area contributed by atoms with Crippen LogP contribution in [0.2, 0.25) is 0 Å². The Kier molecular flexibility index (Phi) is 11.9. The molecule has 1 aromatic carbocycles. The highest BCUT2D eigenvalue weighted by atomic mass is 16.6. The number of carbonyl (C=O) groups is 3. The highest BCUT2D eigenvalue weighted by Gasteiger charge is 2.43. The molecule has 0 fully saturated rings. The number of unbranched alkanes of at least 4 members (excludes halogenated alkanes) is 1. The van der Waals surface area contributed by atoms with Gasteiger partial charge in [-0.2, -0.15) is 0 Å². The molecule has 0 aromatic heterocycles. The Hall–Kier alpha value is -2.57. The maximum absolute atomic E-state index is 14.3. The van der Waals surface area contributed by atoms with E-state index < -0.39 is 29.3 Å². The molecular formula is C29H49N3O4. The number of amides is 3. The van der Waals surface area contributed by atoms with Crippen molar-refractivity contribution >= 4 is 17.9 Å². The smallest absolute Gasteiger partial charge is 0.408 e. The van der Waals surface area contributed by atoms with Crippen LogP contribution in [0.4, 0.5) is 4.79 Å². The molecule has 3 amide bonds. The quantitative estimate of drug-likeness (QED) is 0.347. The van der Waals surface area contributed by atoms with Crippen LogP contribution in [0.15, 0.2) is 24.3 Å². The summed E-state index contributed by atoms with van der Waals surface area (Å²) in [5, 5.41) is 5.84. The average molecular weight is 504 g/mol. The number of nitrogens with one attached hydrogen (secondary N) is 2. The first kappa shape index (κ1) is 31.5. The lowest BCUT2D eigenvalue weighted by Gasteiger charge is -2.44. The van der Waals surface area contributed by atoms with Gasteiger partial charge in [0.15, 0.2) is 0 Å². The molecule has 2 atom stereocenters. The summed E-state index contributed by atoms with van der Waals surface area (Å²) >= 11 is 0. The number of ether oxygens (including phenoxy) is 1. The molecule has 0 saturated heterocycles. The zero-order valence-electron chi connectivity index (χ0n) is 24.2. The first-order chi connectivity index (χ1) is 16.6. The van der Waals surface area contributed by atoms with Gasteiger partial charge in [-0.05, 0) is 72.3 Å². The Bertz CT molecular complexity index is 856. The van der Waals surface area contributed by atoms with Crippen LogP contribution >= 0.6 is 0 Å². The summed E-state index contributed by atoms with van der Waals surface area (Å²) in [5.41, 5.74) is 0.465. The third kappa shape index (κ3) is 9.82. The lowest BCUT2D eigenvalue weighted by Crippen LogP contribution is -2.59. The van der Waals surface area contributed by atoms with Crippen molar-refractivity contribution in [1.82, 2.24) is 15.5 Å². The molecule has 204 valence electrons. The van der Waals surface area contributed by atoms with Crippen LogP contribution in [0, 0.1) is 12.8 Å². The van der Waals surface area contributed by atoms with E-state index in [2.05, 4.69) is 17.6 Å². The van der Waals surface area contributed by atoms with Gasteiger partial charge >= 0.3 is 6.09 Å². The number of alkyl carbamates (subject to hydrolysis) is 1. The molecule has 2 N–H and O–H groups in total. The second kappa shape index (κ2) is 13.7. The molecule has 0 bridgehead atoms. The van der Waals surface area contributed by atoms with E-state index in [4.69, 9.17) is 4.74 Å². The maximum atomic E-state index is 14.3. The standard InChI is InChI=1S/C29H49N3O4/c1-11-13-18-30-25(33)24(22-16-14-21(5)15-17-22)32(29(9,10)12-2)26(34)23(19-20(3)4)31-27(35)36-28(6,7)8/h14-17,20,23-24H,11-13,18-19H2,1-10H3,(H,30,33)(H,31,35). The number of rotatable bonds is 12. The van der Waals surface area contributed by atoms with E-state index >= 15 is 0 Å². The summed E-state index contributed by atoms with van der Waals surface area (Å²) in [6, 6.07) is 6.05. The lowest BCUT2D eigenvalue weighted by atomic mass is 9.90. The van der Waals surface area contributed by atoms with Gasteiger partial charge in [0.25, 0.3) is 0 Å². The minimum atomic E-state index is -0.833. The Labute approximate surface area is 218 Å². The van der Waals surface area contributed by atoms with Crippen LogP contribution in [-0.2, 0) is 14.3 Å². The molecule has 1 aromatic rings.